The second-order valence-corrected chi connectivity index (χ2v) is 7.59. The molecule has 2 fully saturated rings. The summed E-state index contributed by atoms with van der Waals surface area (Å²) >= 11 is 0. The van der Waals surface area contributed by atoms with Gasteiger partial charge < -0.3 is 5.32 Å². The van der Waals surface area contributed by atoms with E-state index in [-0.39, 0.29) is 0 Å². The maximum atomic E-state index is 3.74. The van der Waals surface area contributed by atoms with Crippen molar-refractivity contribution in [3.05, 3.63) is 34.9 Å². The van der Waals surface area contributed by atoms with E-state index in [4.69, 9.17) is 0 Å². The van der Waals surface area contributed by atoms with Crippen LogP contribution in [0.25, 0.3) is 0 Å². The van der Waals surface area contributed by atoms with Gasteiger partial charge >= 0.3 is 0 Å². The number of hydrogen-bond donors (Lipinski definition) is 1. The summed E-state index contributed by atoms with van der Waals surface area (Å²) in [6.45, 7) is 1.23. The minimum Gasteiger partial charge on any atom is -0.313 e. The van der Waals surface area contributed by atoms with Crippen LogP contribution in [-0.2, 0) is 12.8 Å². The first kappa shape index (κ1) is 13.8. The average Bonchev–Trinajstić information content (AvgIpc) is 2.55. The van der Waals surface area contributed by atoms with Gasteiger partial charge in [0.25, 0.3) is 0 Å². The predicted molar refractivity (Wildman–Crippen MR) is 88.8 cm³/mol. The van der Waals surface area contributed by atoms with Crippen LogP contribution >= 0.6 is 0 Å². The molecule has 1 heteroatoms. The Kier molecular flexibility index (Phi) is 4.03. The molecule has 114 valence electrons. The van der Waals surface area contributed by atoms with Crippen LogP contribution in [0.1, 0.15) is 74.0 Å². The number of rotatable bonds is 2. The van der Waals surface area contributed by atoms with Gasteiger partial charge in [-0.05, 0) is 67.2 Å². The molecule has 2 aliphatic carbocycles. The Balaban J connectivity index is 1.51. The number of fused-ring (bicyclic) bond motifs is 3. The molecule has 3 aliphatic rings. The monoisotopic (exact) mass is 283 g/mol. The zero-order valence-corrected chi connectivity index (χ0v) is 13.2. The van der Waals surface area contributed by atoms with Crippen molar-refractivity contribution in [1.29, 1.82) is 0 Å². The van der Waals surface area contributed by atoms with Gasteiger partial charge in [-0.1, -0.05) is 50.3 Å². The minimum absolute atomic E-state index is 0.760. The summed E-state index contributed by atoms with van der Waals surface area (Å²) < 4.78 is 0. The van der Waals surface area contributed by atoms with Crippen LogP contribution in [0.3, 0.4) is 0 Å². The molecule has 1 aromatic carbocycles. The molecule has 0 unspecified atom stereocenters. The Labute approximate surface area is 129 Å². The molecular weight excluding hydrogens is 254 g/mol. The number of hydrogen-bond acceptors (Lipinski definition) is 1. The molecule has 0 amide bonds. The molecule has 2 atom stereocenters. The normalized spacial score (nSPS) is 29.7. The standard InChI is InChI=1S/C20H29N/c1-2-5-15(6-3-1)13-16-8-10-18-17(14-16)9-11-20-19(18)7-4-12-21-20/h8,10,14-15,19-21H,1-7,9,11-13H2/t19-,20+/m1/s1. The van der Waals surface area contributed by atoms with Gasteiger partial charge in [-0.2, -0.15) is 0 Å². The van der Waals surface area contributed by atoms with Gasteiger partial charge in [-0.3, -0.25) is 0 Å². The van der Waals surface area contributed by atoms with Crippen molar-refractivity contribution >= 4 is 0 Å². The summed E-state index contributed by atoms with van der Waals surface area (Å²) in [6, 6.07) is 8.26. The Hall–Kier alpha value is -0.820. The highest BCUT2D eigenvalue weighted by atomic mass is 14.9. The van der Waals surface area contributed by atoms with Crippen LogP contribution < -0.4 is 5.32 Å². The van der Waals surface area contributed by atoms with Gasteiger partial charge in [0.1, 0.15) is 0 Å². The van der Waals surface area contributed by atoms with Crippen molar-refractivity contribution in [3.63, 3.8) is 0 Å². The maximum absolute atomic E-state index is 3.74. The van der Waals surface area contributed by atoms with E-state index in [1.54, 1.807) is 16.7 Å². The van der Waals surface area contributed by atoms with Crippen molar-refractivity contribution < 1.29 is 0 Å². The topological polar surface area (TPSA) is 12.0 Å². The van der Waals surface area contributed by atoms with E-state index < -0.39 is 0 Å². The van der Waals surface area contributed by atoms with E-state index in [1.807, 2.05) is 0 Å². The van der Waals surface area contributed by atoms with Gasteiger partial charge in [-0.25, -0.2) is 0 Å². The van der Waals surface area contributed by atoms with Crippen LogP contribution in [0.5, 0.6) is 0 Å². The number of benzene rings is 1. The fourth-order valence-corrected chi connectivity index (χ4v) is 5.03. The number of aryl methyl sites for hydroxylation is 1. The van der Waals surface area contributed by atoms with Gasteiger partial charge in [0, 0.05) is 6.04 Å². The Morgan fingerprint density at radius 2 is 1.86 bits per heavy atom. The van der Waals surface area contributed by atoms with E-state index in [0.29, 0.717) is 0 Å². The lowest BCUT2D eigenvalue weighted by atomic mass is 9.74. The summed E-state index contributed by atoms with van der Waals surface area (Å²) in [6.07, 6.45) is 14.0. The van der Waals surface area contributed by atoms with Crippen molar-refractivity contribution in [2.75, 3.05) is 6.54 Å². The quantitative estimate of drug-likeness (QED) is 0.837. The molecule has 1 saturated carbocycles. The fraction of sp³-hybridized carbons (Fsp3) is 0.700. The first-order valence-electron chi connectivity index (χ1n) is 9.25. The summed E-state index contributed by atoms with van der Waals surface area (Å²) in [4.78, 5) is 0. The molecule has 1 aromatic rings. The molecule has 4 rings (SSSR count). The lowest BCUT2D eigenvalue weighted by molar-refractivity contribution is 0.319. The van der Waals surface area contributed by atoms with Gasteiger partial charge in [-0.15, -0.1) is 0 Å². The molecule has 21 heavy (non-hydrogen) atoms. The molecule has 0 spiro atoms. The van der Waals surface area contributed by atoms with E-state index >= 15 is 0 Å². The second kappa shape index (κ2) is 6.12. The summed E-state index contributed by atoms with van der Waals surface area (Å²) in [5.74, 6) is 1.76. The van der Waals surface area contributed by atoms with Crippen molar-refractivity contribution in [1.82, 2.24) is 5.32 Å². The van der Waals surface area contributed by atoms with Crippen molar-refractivity contribution in [2.24, 2.45) is 5.92 Å². The Bertz CT molecular complexity index is 487. The number of piperidine rings is 1. The van der Waals surface area contributed by atoms with E-state index in [1.165, 1.54) is 70.8 Å². The first-order chi connectivity index (χ1) is 10.4. The van der Waals surface area contributed by atoms with Crippen molar-refractivity contribution in [3.8, 4) is 0 Å². The zero-order valence-electron chi connectivity index (χ0n) is 13.2. The third-order valence-electron chi connectivity index (χ3n) is 6.16. The smallest absolute Gasteiger partial charge is 0.0139 e. The molecule has 1 aliphatic heterocycles. The average molecular weight is 283 g/mol. The van der Waals surface area contributed by atoms with Gasteiger partial charge in [0.15, 0.2) is 0 Å². The van der Waals surface area contributed by atoms with Crippen LogP contribution in [-0.4, -0.2) is 12.6 Å². The van der Waals surface area contributed by atoms with Gasteiger partial charge in [0.05, 0.1) is 0 Å². The van der Waals surface area contributed by atoms with E-state index in [2.05, 4.69) is 23.5 Å². The Morgan fingerprint density at radius 3 is 2.76 bits per heavy atom. The van der Waals surface area contributed by atoms with Crippen LogP contribution in [0, 0.1) is 5.92 Å². The van der Waals surface area contributed by atoms with Crippen LogP contribution in [0.4, 0.5) is 0 Å². The third-order valence-corrected chi connectivity index (χ3v) is 6.16. The molecule has 1 saturated heterocycles. The van der Waals surface area contributed by atoms with Crippen LogP contribution in [0.2, 0.25) is 0 Å². The lowest BCUT2D eigenvalue weighted by Crippen LogP contribution is -2.42. The minimum atomic E-state index is 0.760. The fourth-order valence-electron chi connectivity index (χ4n) is 5.03. The summed E-state index contributed by atoms with van der Waals surface area (Å²) in [5.41, 5.74) is 4.96. The highest BCUT2D eigenvalue weighted by Gasteiger charge is 2.31. The second-order valence-electron chi connectivity index (χ2n) is 7.59. The molecule has 1 heterocycles. The van der Waals surface area contributed by atoms with Crippen molar-refractivity contribution in [2.45, 2.75) is 76.2 Å². The highest BCUT2D eigenvalue weighted by molar-refractivity contribution is 5.38. The Morgan fingerprint density at radius 1 is 0.952 bits per heavy atom. The highest BCUT2D eigenvalue weighted by Crippen LogP contribution is 2.38. The summed E-state index contributed by atoms with van der Waals surface area (Å²) in [5, 5.41) is 3.74. The maximum Gasteiger partial charge on any atom is 0.0139 e. The van der Waals surface area contributed by atoms with E-state index in [9.17, 15) is 0 Å². The summed E-state index contributed by atoms with van der Waals surface area (Å²) in [7, 11) is 0. The zero-order chi connectivity index (χ0) is 14.1. The molecule has 0 radical (unpaired) electrons. The SMILES string of the molecule is c1cc2c(cc1CC1CCCCC1)CC[C@@H]1NCCC[C@H]21. The molecular formula is C20H29N. The lowest BCUT2D eigenvalue weighted by Gasteiger charge is -2.38. The van der Waals surface area contributed by atoms with Gasteiger partial charge in [0.2, 0.25) is 0 Å². The molecule has 1 nitrogen and oxygen atoms in total. The molecule has 0 bridgehead atoms. The molecule has 1 N–H and O–H groups in total. The van der Waals surface area contributed by atoms with Crippen LogP contribution in [0.15, 0.2) is 18.2 Å². The molecule has 0 aromatic heterocycles. The predicted octanol–water partition coefficient (Wildman–Crippen LogP) is 4.59. The number of nitrogens with one attached hydrogen (secondary N) is 1. The third kappa shape index (κ3) is 2.90. The first-order valence-corrected chi connectivity index (χ1v) is 9.25. The van der Waals surface area contributed by atoms with E-state index in [0.717, 1.165) is 17.9 Å². The largest absolute Gasteiger partial charge is 0.313 e.